The van der Waals surface area contributed by atoms with Crippen molar-refractivity contribution in [2.24, 2.45) is 0 Å². The van der Waals surface area contributed by atoms with Crippen LogP contribution in [0.4, 0.5) is 0 Å². The largest absolute Gasteiger partial charge is 0.462 e. The molecule has 11 unspecified atom stereocenters. The molecule has 0 saturated carbocycles. The number of allylic oxidation sites excluding steroid dienone is 10. The fourth-order valence-electron chi connectivity index (χ4n) is 8.02. The Morgan fingerprint density at radius 1 is 0.457 bits per heavy atom. The van der Waals surface area contributed by atoms with Gasteiger partial charge in [0.2, 0.25) is 0 Å². The van der Waals surface area contributed by atoms with Crippen molar-refractivity contribution < 1.29 is 73.8 Å². The van der Waals surface area contributed by atoms with Crippen molar-refractivity contribution in [3.8, 4) is 0 Å². The third-order valence-corrected chi connectivity index (χ3v) is 12.5. The maximum Gasteiger partial charge on any atom is 0.306 e. The first-order valence-corrected chi connectivity index (χ1v) is 26.9. The van der Waals surface area contributed by atoms with Crippen molar-refractivity contribution in [3.05, 3.63) is 60.8 Å². The lowest BCUT2D eigenvalue weighted by atomic mass is 9.98. The van der Waals surface area contributed by atoms with E-state index in [-0.39, 0.29) is 19.4 Å². The Labute approximate surface area is 420 Å². The molecule has 0 radical (unpaired) electrons. The van der Waals surface area contributed by atoms with E-state index in [2.05, 4.69) is 74.6 Å². The van der Waals surface area contributed by atoms with Crippen LogP contribution in [-0.4, -0.2) is 142 Å². The van der Waals surface area contributed by atoms with E-state index in [1.54, 1.807) is 0 Å². The van der Waals surface area contributed by atoms with E-state index in [0.717, 1.165) is 96.3 Å². The zero-order valence-electron chi connectivity index (χ0n) is 42.7. The lowest BCUT2D eigenvalue weighted by Gasteiger charge is -2.42. The molecule has 2 rings (SSSR count). The van der Waals surface area contributed by atoms with Gasteiger partial charge in [-0.05, 0) is 83.5 Å². The highest BCUT2D eigenvalue weighted by Crippen LogP contribution is 2.26. The third kappa shape index (κ3) is 29.0. The Morgan fingerprint density at radius 3 is 1.34 bits per heavy atom. The van der Waals surface area contributed by atoms with Gasteiger partial charge in [0.25, 0.3) is 0 Å². The molecular weight excluding hydrogens is 901 g/mol. The summed E-state index contributed by atoms with van der Waals surface area (Å²) >= 11 is 0. The first-order chi connectivity index (χ1) is 34.0. The van der Waals surface area contributed by atoms with Crippen molar-refractivity contribution in [2.75, 3.05) is 26.4 Å². The standard InChI is InChI=1S/C55H94O15/c1-3-5-7-9-11-13-15-17-19-20-21-22-24-26-28-30-32-34-36-38-47(58)68-43(40-65-46(57)37-35-33-31-29-27-25-23-18-16-14-12-10-8-6-4-2)41-66-54-53(64)51(62)49(60)45(70-54)42-67-55-52(63)50(61)48(59)44(39-56)69-55/h11-14,17-19,21-23,43-45,48-56,59-64H,3-10,15-16,20,24-42H2,1-2H3/b13-11-,14-12-,19-17-,22-21-,23-18-. The molecule has 2 saturated heterocycles. The summed E-state index contributed by atoms with van der Waals surface area (Å²) in [5.74, 6) is -0.958. The molecule has 0 aromatic rings. The molecule has 0 aromatic carbocycles. The Morgan fingerprint density at radius 2 is 0.857 bits per heavy atom. The van der Waals surface area contributed by atoms with E-state index >= 15 is 0 Å². The van der Waals surface area contributed by atoms with Gasteiger partial charge in [-0.3, -0.25) is 9.59 Å². The van der Waals surface area contributed by atoms with Gasteiger partial charge in [-0.15, -0.1) is 0 Å². The third-order valence-electron chi connectivity index (χ3n) is 12.5. The van der Waals surface area contributed by atoms with Crippen molar-refractivity contribution in [1.29, 1.82) is 0 Å². The van der Waals surface area contributed by atoms with Crippen LogP contribution >= 0.6 is 0 Å². The van der Waals surface area contributed by atoms with Crippen LogP contribution in [0.5, 0.6) is 0 Å². The molecule has 2 heterocycles. The van der Waals surface area contributed by atoms with Gasteiger partial charge in [-0.2, -0.15) is 0 Å². The van der Waals surface area contributed by atoms with Gasteiger partial charge in [-0.25, -0.2) is 0 Å². The fraction of sp³-hybridized carbons (Fsp3) is 0.782. The van der Waals surface area contributed by atoms with Crippen LogP contribution in [0.15, 0.2) is 60.8 Å². The van der Waals surface area contributed by atoms with E-state index in [0.29, 0.717) is 12.8 Å². The molecule has 2 fully saturated rings. The van der Waals surface area contributed by atoms with E-state index in [4.69, 9.17) is 28.4 Å². The molecule has 11 atom stereocenters. The summed E-state index contributed by atoms with van der Waals surface area (Å²) in [4.78, 5) is 25.8. The summed E-state index contributed by atoms with van der Waals surface area (Å²) in [6.07, 6.45) is 30.9. The van der Waals surface area contributed by atoms with E-state index in [1.165, 1.54) is 44.9 Å². The molecule has 2 aliphatic heterocycles. The molecule has 2 aliphatic rings. The smallest absolute Gasteiger partial charge is 0.306 e. The van der Waals surface area contributed by atoms with Gasteiger partial charge in [0, 0.05) is 12.8 Å². The van der Waals surface area contributed by atoms with Crippen LogP contribution in [0.3, 0.4) is 0 Å². The Bertz CT molecular complexity index is 1450. The predicted molar refractivity (Wildman–Crippen MR) is 270 cm³/mol. The summed E-state index contributed by atoms with van der Waals surface area (Å²) in [7, 11) is 0. The van der Waals surface area contributed by atoms with Crippen LogP contribution in [-0.2, 0) is 38.0 Å². The number of aliphatic hydroxyl groups is 7. The van der Waals surface area contributed by atoms with Crippen molar-refractivity contribution in [2.45, 2.75) is 248 Å². The number of hydrogen-bond donors (Lipinski definition) is 7. The summed E-state index contributed by atoms with van der Waals surface area (Å²) in [6.45, 7) is 2.50. The van der Waals surface area contributed by atoms with Crippen LogP contribution in [0, 0.1) is 0 Å². The zero-order chi connectivity index (χ0) is 51.0. The lowest BCUT2D eigenvalue weighted by molar-refractivity contribution is -0.332. The predicted octanol–water partition coefficient (Wildman–Crippen LogP) is 8.05. The number of unbranched alkanes of at least 4 members (excludes halogenated alkanes) is 17. The van der Waals surface area contributed by atoms with Crippen molar-refractivity contribution >= 4 is 11.9 Å². The number of rotatable bonds is 41. The van der Waals surface area contributed by atoms with Gasteiger partial charge in [0.15, 0.2) is 18.7 Å². The zero-order valence-corrected chi connectivity index (χ0v) is 42.7. The summed E-state index contributed by atoms with van der Waals surface area (Å²) in [6, 6.07) is 0. The SMILES string of the molecule is CCCCC/C=C\C/C=C\C/C=C\CCCCCCCCC(=O)OC(COC(=O)CCCCCCC/C=C\C/C=C\CCCCC)COC1OC(COC2OC(CO)C(O)C(O)C2O)C(O)C(O)C1O. The minimum Gasteiger partial charge on any atom is -0.462 e. The highest BCUT2D eigenvalue weighted by atomic mass is 16.7. The number of hydrogen-bond acceptors (Lipinski definition) is 15. The molecule has 0 aliphatic carbocycles. The highest BCUT2D eigenvalue weighted by Gasteiger charge is 2.47. The van der Waals surface area contributed by atoms with Gasteiger partial charge < -0.3 is 64.2 Å². The fourth-order valence-corrected chi connectivity index (χ4v) is 8.02. The monoisotopic (exact) mass is 995 g/mol. The van der Waals surface area contributed by atoms with E-state index < -0.39 is 99.3 Å². The van der Waals surface area contributed by atoms with Gasteiger partial charge in [0.05, 0.1) is 19.8 Å². The summed E-state index contributed by atoms with van der Waals surface area (Å²) in [5.41, 5.74) is 0. The Kier molecular flexibility index (Phi) is 37.7. The number of aliphatic hydroxyl groups excluding tert-OH is 7. The van der Waals surface area contributed by atoms with E-state index in [1.807, 2.05) is 0 Å². The normalized spacial score (nSPS) is 25.8. The maximum absolute atomic E-state index is 13.0. The Balaban J connectivity index is 1.81. The highest BCUT2D eigenvalue weighted by molar-refractivity contribution is 5.70. The maximum atomic E-state index is 13.0. The van der Waals surface area contributed by atoms with E-state index in [9.17, 15) is 45.3 Å². The first-order valence-electron chi connectivity index (χ1n) is 26.9. The molecule has 70 heavy (non-hydrogen) atoms. The molecule has 0 bridgehead atoms. The second-order valence-electron chi connectivity index (χ2n) is 18.7. The second-order valence-corrected chi connectivity index (χ2v) is 18.7. The lowest BCUT2D eigenvalue weighted by Crippen LogP contribution is -2.61. The minimum absolute atomic E-state index is 0.145. The Hall–Kier alpha value is -2.80. The molecular formula is C55H94O15. The first kappa shape index (κ1) is 63.3. The molecule has 7 N–H and O–H groups in total. The average molecular weight is 995 g/mol. The molecule has 0 spiro atoms. The number of esters is 2. The van der Waals surface area contributed by atoms with Crippen molar-refractivity contribution in [3.63, 3.8) is 0 Å². The summed E-state index contributed by atoms with van der Waals surface area (Å²) < 4.78 is 33.6. The molecule has 0 amide bonds. The summed E-state index contributed by atoms with van der Waals surface area (Å²) in [5, 5.41) is 72.1. The average Bonchev–Trinajstić information content (AvgIpc) is 3.35. The van der Waals surface area contributed by atoms with Crippen LogP contribution in [0.2, 0.25) is 0 Å². The number of carbonyl (C=O) groups excluding carboxylic acids is 2. The van der Waals surface area contributed by atoms with Crippen LogP contribution < -0.4 is 0 Å². The van der Waals surface area contributed by atoms with Crippen LogP contribution in [0.25, 0.3) is 0 Å². The molecule has 0 aromatic heterocycles. The molecule has 15 heteroatoms. The number of ether oxygens (including phenoxy) is 6. The van der Waals surface area contributed by atoms with Crippen molar-refractivity contribution in [1.82, 2.24) is 0 Å². The van der Waals surface area contributed by atoms with Gasteiger partial charge in [0.1, 0.15) is 55.4 Å². The quantitative estimate of drug-likeness (QED) is 0.0175. The second kappa shape index (κ2) is 41.6. The van der Waals surface area contributed by atoms with Gasteiger partial charge in [-0.1, -0.05) is 145 Å². The molecule has 404 valence electrons. The van der Waals surface area contributed by atoms with Crippen LogP contribution in [0.1, 0.15) is 181 Å². The minimum atomic E-state index is -1.77. The molecule has 15 nitrogen and oxygen atoms in total. The topological polar surface area (TPSA) is 231 Å². The van der Waals surface area contributed by atoms with Gasteiger partial charge >= 0.3 is 11.9 Å². The number of carbonyl (C=O) groups is 2.